The van der Waals surface area contributed by atoms with E-state index in [1.807, 2.05) is 31.3 Å². The largest absolute Gasteiger partial charge is 0.292 e. The van der Waals surface area contributed by atoms with Gasteiger partial charge in [0, 0.05) is 47.9 Å². The fraction of sp³-hybridized carbons (Fsp3) is 0.278. The molecule has 0 saturated heterocycles. The van der Waals surface area contributed by atoms with Gasteiger partial charge in [0.1, 0.15) is 5.01 Å². The highest BCUT2D eigenvalue weighted by Gasteiger charge is 2.19. The third-order valence-electron chi connectivity index (χ3n) is 4.07. The Hall–Kier alpha value is -2.11. The first-order valence-corrected chi connectivity index (χ1v) is 8.69. The molecule has 3 heterocycles. The summed E-state index contributed by atoms with van der Waals surface area (Å²) < 4.78 is 0. The number of thiazole rings is 1. The molecule has 23 heavy (non-hydrogen) atoms. The van der Waals surface area contributed by atoms with Crippen molar-refractivity contribution in [1.82, 2.24) is 19.9 Å². The molecule has 0 radical (unpaired) electrons. The third kappa shape index (κ3) is 3.16. The maximum Gasteiger partial charge on any atom is 0.159 e. The zero-order valence-corrected chi connectivity index (χ0v) is 13.9. The molecule has 0 amide bonds. The van der Waals surface area contributed by atoms with Crippen LogP contribution < -0.4 is 0 Å². The monoisotopic (exact) mass is 322 g/mol. The van der Waals surface area contributed by atoms with Gasteiger partial charge in [-0.25, -0.2) is 15.0 Å². The number of aromatic nitrogens is 3. The van der Waals surface area contributed by atoms with Crippen molar-refractivity contribution in [2.75, 3.05) is 6.54 Å². The van der Waals surface area contributed by atoms with Gasteiger partial charge in [-0.15, -0.1) is 11.3 Å². The topological polar surface area (TPSA) is 41.9 Å². The Balaban J connectivity index is 1.52. The second-order valence-electron chi connectivity index (χ2n) is 5.87. The lowest BCUT2D eigenvalue weighted by Gasteiger charge is -2.27. The van der Waals surface area contributed by atoms with Crippen LogP contribution in [0.1, 0.15) is 22.0 Å². The normalized spacial score (nSPS) is 14.7. The van der Waals surface area contributed by atoms with E-state index in [1.165, 1.54) is 16.3 Å². The first kappa shape index (κ1) is 14.5. The van der Waals surface area contributed by atoms with Crippen LogP contribution in [0.4, 0.5) is 0 Å². The van der Waals surface area contributed by atoms with Gasteiger partial charge >= 0.3 is 0 Å². The van der Waals surface area contributed by atoms with E-state index in [-0.39, 0.29) is 0 Å². The van der Waals surface area contributed by atoms with Gasteiger partial charge in [-0.3, -0.25) is 4.90 Å². The van der Waals surface area contributed by atoms with E-state index in [0.29, 0.717) is 0 Å². The molecule has 0 bridgehead atoms. The van der Waals surface area contributed by atoms with E-state index >= 15 is 0 Å². The van der Waals surface area contributed by atoms with E-state index in [2.05, 4.69) is 32.4 Å². The lowest BCUT2D eigenvalue weighted by Crippen LogP contribution is -2.30. The molecule has 0 unspecified atom stereocenters. The summed E-state index contributed by atoms with van der Waals surface area (Å²) in [6, 6.07) is 10.2. The molecular weight excluding hydrogens is 304 g/mol. The van der Waals surface area contributed by atoms with E-state index < -0.39 is 0 Å². The third-order valence-corrected chi connectivity index (χ3v) is 5.02. The number of benzene rings is 1. The van der Waals surface area contributed by atoms with Crippen LogP contribution in [-0.2, 0) is 19.5 Å². The van der Waals surface area contributed by atoms with E-state index in [0.717, 1.165) is 43.1 Å². The highest BCUT2D eigenvalue weighted by Crippen LogP contribution is 2.22. The van der Waals surface area contributed by atoms with Crippen LogP contribution in [0.5, 0.6) is 0 Å². The standard InChI is InChI=1S/C18H18N4S/c1-13-12-23-17(20-13)11-22-8-7-16-15(10-22)9-19-18(21-16)14-5-3-2-4-6-14/h2-6,9,12H,7-8,10-11H2,1H3. The van der Waals surface area contributed by atoms with Crippen molar-refractivity contribution in [2.24, 2.45) is 0 Å². The molecule has 1 aliphatic rings. The highest BCUT2D eigenvalue weighted by molar-refractivity contribution is 7.09. The van der Waals surface area contributed by atoms with Crippen molar-refractivity contribution in [2.45, 2.75) is 26.4 Å². The first-order valence-electron chi connectivity index (χ1n) is 7.81. The van der Waals surface area contributed by atoms with Crippen molar-refractivity contribution in [1.29, 1.82) is 0 Å². The summed E-state index contributed by atoms with van der Waals surface area (Å²) in [6.07, 6.45) is 2.96. The Morgan fingerprint density at radius 1 is 1.17 bits per heavy atom. The van der Waals surface area contributed by atoms with Crippen molar-refractivity contribution >= 4 is 11.3 Å². The second-order valence-corrected chi connectivity index (χ2v) is 6.82. The minimum absolute atomic E-state index is 0.827. The van der Waals surface area contributed by atoms with Crippen LogP contribution in [0.2, 0.25) is 0 Å². The lowest BCUT2D eigenvalue weighted by atomic mass is 10.1. The van der Waals surface area contributed by atoms with Crippen molar-refractivity contribution in [3.8, 4) is 11.4 Å². The highest BCUT2D eigenvalue weighted by atomic mass is 32.1. The van der Waals surface area contributed by atoms with Crippen LogP contribution in [-0.4, -0.2) is 26.4 Å². The predicted molar refractivity (Wildman–Crippen MR) is 92.1 cm³/mol. The average Bonchev–Trinajstić information content (AvgIpc) is 3.00. The van der Waals surface area contributed by atoms with E-state index in [9.17, 15) is 0 Å². The van der Waals surface area contributed by atoms with E-state index in [1.54, 1.807) is 11.3 Å². The van der Waals surface area contributed by atoms with Crippen LogP contribution in [0.15, 0.2) is 41.9 Å². The fourth-order valence-electron chi connectivity index (χ4n) is 2.90. The van der Waals surface area contributed by atoms with Crippen molar-refractivity contribution < 1.29 is 0 Å². The Morgan fingerprint density at radius 2 is 2.04 bits per heavy atom. The van der Waals surface area contributed by atoms with Gasteiger partial charge in [-0.1, -0.05) is 30.3 Å². The van der Waals surface area contributed by atoms with Gasteiger partial charge < -0.3 is 0 Å². The fourth-order valence-corrected chi connectivity index (χ4v) is 3.72. The summed E-state index contributed by atoms with van der Waals surface area (Å²) in [4.78, 5) is 16.3. The van der Waals surface area contributed by atoms with Crippen LogP contribution in [0.25, 0.3) is 11.4 Å². The minimum atomic E-state index is 0.827. The van der Waals surface area contributed by atoms with Crippen LogP contribution in [0.3, 0.4) is 0 Å². The molecule has 2 aromatic heterocycles. The van der Waals surface area contributed by atoms with Gasteiger partial charge in [0.2, 0.25) is 0 Å². The average molecular weight is 322 g/mol. The van der Waals surface area contributed by atoms with Crippen LogP contribution >= 0.6 is 11.3 Å². The molecule has 4 nitrogen and oxygen atoms in total. The summed E-state index contributed by atoms with van der Waals surface area (Å²) in [5, 5.41) is 3.30. The molecule has 116 valence electrons. The number of fused-ring (bicyclic) bond motifs is 1. The van der Waals surface area contributed by atoms with Crippen molar-refractivity contribution in [3.05, 3.63) is 63.9 Å². The van der Waals surface area contributed by atoms with Crippen LogP contribution in [0, 0.1) is 6.92 Å². The van der Waals surface area contributed by atoms with Gasteiger partial charge in [0.25, 0.3) is 0 Å². The molecule has 0 atom stereocenters. The van der Waals surface area contributed by atoms with E-state index in [4.69, 9.17) is 4.98 Å². The molecule has 1 aromatic carbocycles. The molecule has 0 aliphatic carbocycles. The zero-order valence-electron chi connectivity index (χ0n) is 13.1. The number of rotatable bonds is 3. The SMILES string of the molecule is Cc1csc(CN2CCc3nc(-c4ccccc4)ncc3C2)n1. The van der Waals surface area contributed by atoms with Gasteiger partial charge in [0.05, 0.1) is 12.2 Å². The molecule has 4 rings (SSSR count). The summed E-state index contributed by atoms with van der Waals surface area (Å²) in [5.74, 6) is 0.827. The molecule has 3 aromatic rings. The number of nitrogens with zero attached hydrogens (tertiary/aromatic N) is 4. The smallest absolute Gasteiger partial charge is 0.159 e. The van der Waals surface area contributed by atoms with Gasteiger partial charge in [-0.2, -0.15) is 0 Å². The Morgan fingerprint density at radius 3 is 2.83 bits per heavy atom. The Labute approximate surface area is 139 Å². The maximum atomic E-state index is 4.78. The molecule has 0 N–H and O–H groups in total. The molecule has 5 heteroatoms. The minimum Gasteiger partial charge on any atom is -0.292 e. The maximum absolute atomic E-state index is 4.78. The molecule has 0 fully saturated rings. The zero-order chi connectivity index (χ0) is 15.6. The molecule has 1 aliphatic heterocycles. The summed E-state index contributed by atoms with van der Waals surface area (Å²) >= 11 is 1.74. The summed E-state index contributed by atoms with van der Waals surface area (Å²) in [6.45, 7) is 4.89. The quantitative estimate of drug-likeness (QED) is 0.740. The van der Waals surface area contributed by atoms with Crippen molar-refractivity contribution in [3.63, 3.8) is 0 Å². The first-order chi connectivity index (χ1) is 11.3. The molecule has 0 saturated carbocycles. The number of aryl methyl sites for hydroxylation is 1. The molecule has 0 spiro atoms. The second kappa shape index (κ2) is 6.18. The lowest BCUT2D eigenvalue weighted by molar-refractivity contribution is 0.242. The predicted octanol–water partition coefficient (Wildman–Crippen LogP) is 3.47. The number of hydrogen-bond acceptors (Lipinski definition) is 5. The molecular formula is C18H18N4S. The summed E-state index contributed by atoms with van der Waals surface area (Å²) in [7, 11) is 0. The Kier molecular flexibility index (Phi) is 3.89. The van der Waals surface area contributed by atoms with Gasteiger partial charge in [-0.05, 0) is 6.92 Å². The summed E-state index contributed by atoms with van der Waals surface area (Å²) in [5.41, 5.74) is 4.61. The number of hydrogen-bond donors (Lipinski definition) is 0. The van der Waals surface area contributed by atoms with Gasteiger partial charge in [0.15, 0.2) is 5.82 Å². The Bertz CT molecular complexity index is 813.